The van der Waals surface area contributed by atoms with Gasteiger partial charge in [-0.3, -0.25) is 4.79 Å². The van der Waals surface area contributed by atoms with E-state index in [0.29, 0.717) is 24.0 Å². The Labute approximate surface area is 89.5 Å². The summed E-state index contributed by atoms with van der Waals surface area (Å²) in [5.74, 6) is -0.0135. The molecule has 1 aromatic heterocycles. The van der Waals surface area contributed by atoms with Gasteiger partial charge in [-0.25, -0.2) is 0 Å². The number of nitrogen functional groups attached to an aromatic ring is 1. The normalized spacial score (nSPS) is 15.3. The van der Waals surface area contributed by atoms with Crippen LogP contribution in [0.15, 0.2) is 12.3 Å². The molecule has 4 heteroatoms. The van der Waals surface area contributed by atoms with E-state index in [9.17, 15) is 4.79 Å². The second-order valence-corrected chi connectivity index (χ2v) is 4.05. The van der Waals surface area contributed by atoms with Crippen LogP contribution in [0.3, 0.4) is 0 Å². The minimum Gasteiger partial charge on any atom is -0.397 e. The second kappa shape index (κ2) is 3.96. The van der Waals surface area contributed by atoms with Crippen LogP contribution in [0.1, 0.15) is 42.7 Å². The molecule has 0 radical (unpaired) electrons. The average Bonchev–Trinajstić information content (AvgIpc) is 2.98. The molecule has 0 aliphatic heterocycles. The van der Waals surface area contributed by atoms with Gasteiger partial charge in [0.05, 0.1) is 5.69 Å². The summed E-state index contributed by atoms with van der Waals surface area (Å²) in [5, 5.41) is 2.87. The number of anilines is 1. The summed E-state index contributed by atoms with van der Waals surface area (Å²) >= 11 is 0. The third-order valence-corrected chi connectivity index (χ3v) is 2.58. The van der Waals surface area contributed by atoms with Crippen LogP contribution in [0, 0.1) is 0 Å². The van der Waals surface area contributed by atoms with Gasteiger partial charge >= 0.3 is 0 Å². The van der Waals surface area contributed by atoms with Crippen molar-refractivity contribution in [2.45, 2.75) is 32.2 Å². The van der Waals surface area contributed by atoms with Crippen LogP contribution in [0.5, 0.6) is 0 Å². The van der Waals surface area contributed by atoms with E-state index in [0.717, 1.165) is 19.3 Å². The van der Waals surface area contributed by atoms with Gasteiger partial charge in [-0.15, -0.1) is 0 Å². The van der Waals surface area contributed by atoms with Gasteiger partial charge in [0.1, 0.15) is 5.69 Å². The molecule has 2 rings (SSSR count). The highest BCUT2D eigenvalue weighted by Gasteiger charge is 2.27. The lowest BCUT2D eigenvalue weighted by molar-refractivity contribution is 0.0944. The molecule has 1 amide bonds. The predicted molar refractivity (Wildman–Crippen MR) is 59.7 cm³/mol. The zero-order valence-corrected chi connectivity index (χ0v) is 8.99. The summed E-state index contributed by atoms with van der Waals surface area (Å²) in [7, 11) is 0. The Morgan fingerprint density at radius 1 is 1.67 bits per heavy atom. The smallest absolute Gasteiger partial charge is 0.267 e. The largest absolute Gasteiger partial charge is 0.397 e. The molecule has 0 saturated heterocycles. The molecule has 0 atom stereocenters. The molecule has 0 bridgehead atoms. The predicted octanol–water partition coefficient (Wildman–Crippen LogP) is 1.55. The van der Waals surface area contributed by atoms with Crippen LogP contribution in [-0.2, 0) is 0 Å². The first-order chi connectivity index (χ1) is 7.22. The molecular formula is C11H17N3O. The van der Waals surface area contributed by atoms with Crippen LogP contribution in [0.4, 0.5) is 5.69 Å². The first-order valence-electron chi connectivity index (χ1n) is 5.48. The van der Waals surface area contributed by atoms with E-state index in [1.165, 1.54) is 0 Å². The number of nitrogens with one attached hydrogen (secondary N) is 1. The molecule has 1 aliphatic rings. The molecule has 0 spiro atoms. The van der Waals surface area contributed by atoms with E-state index >= 15 is 0 Å². The summed E-state index contributed by atoms with van der Waals surface area (Å²) in [6.45, 7) is 2.75. The number of aromatic nitrogens is 1. The van der Waals surface area contributed by atoms with Crippen LogP contribution < -0.4 is 11.1 Å². The van der Waals surface area contributed by atoms with Crippen LogP contribution in [0.25, 0.3) is 0 Å². The number of hydrogen-bond acceptors (Lipinski definition) is 2. The van der Waals surface area contributed by atoms with Gasteiger partial charge in [-0.05, 0) is 25.3 Å². The Balaban J connectivity index is 2.14. The monoisotopic (exact) mass is 207 g/mol. The van der Waals surface area contributed by atoms with Gasteiger partial charge in [0.25, 0.3) is 5.91 Å². The van der Waals surface area contributed by atoms with Gasteiger partial charge in [-0.2, -0.15) is 0 Å². The average molecular weight is 207 g/mol. The molecule has 1 aromatic rings. The van der Waals surface area contributed by atoms with E-state index in [1.54, 1.807) is 6.07 Å². The number of amides is 1. The summed E-state index contributed by atoms with van der Waals surface area (Å²) in [4.78, 5) is 11.8. The van der Waals surface area contributed by atoms with E-state index in [2.05, 4.69) is 5.32 Å². The molecule has 1 fully saturated rings. The number of carbonyl (C=O) groups excluding carboxylic acids is 1. The van der Waals surface area contributed by atoms with Crippen molar-refractivity contribution in [1.82, 2.24) is 9.88 Å². The van der Waals surface area contributed by atoms with Crippen molar-refractivity contribution in [1.29, 1.82) is 0 Å². The highest BCUT2D eigenvalue weighted by Crippen LogP contribution is 2.37. The molecule has 0 aromatic carbocycles. The standard InChI is InChI=1S/C11H17N3O/c1-2-5-13-11(15)10-6-8(12)7-14(10)9-3-4-9/h6-7,9H,2-5,12H2,1H3,(H,13,15). The second-order valence-electron chi connectivity index (χ2n) is 4.05. The van der Waals surface area contributed by atoms with E-state index < -0.39 is 0 Å². The minimum absolute atomic E-state index is 0.0135. The fraction of sp³-hybridized carbons (Fsp3) is 0.545. The van der Waals surface area contributed by atoms with Gasteiger partial charge < -0.3 is 15.6 Å². The number of nitrogens with two attached hydrogens (primary N) is 1. The van der Waals surface area contributed by atoms with Gasteiger partial charge in [-0.1, -0.05) is 6.92 Å². The number of nitrogens with zero attached hydrogens (tertiary/aromatic N) is 1. The first kappa shape index (κ1) is 10.1. The summed E-state index contributed by atoms with van der Waals surface area (Å²) in [6.07, 6.45) is 5.12. The Morgan fingerprint density at radius 2 is 2.40 bits per heavy atom. The van der Waals surface area contributed by atoms with Gasteiger partial charge in [0, 0.05) is 18.8 Å². The Hall–Kier alpha value is -1.45. The number of carbonyl (C=O) groups is 1. The molecule has 1 heterocycles. The molecule has 3 N–H and O–H groups in total. The van der Waals surface area contributed by atoms with E-state index in [-0.39, 0.29) is 5.91 Å². The summed E-state index contributed by atoms with van der Waals surface area (Å²) in [5.41, 5.74) is 7.08. The van der Waals surface area contributed by atoms with Crippen molar-refractivity contribution >= 4 is 11.6 Å². The quantitative estimate of drug-likeness (QED) is 0.786. The third-order valence-electron chi connectivity index (χ3n) is 2.58. The Bertz CT molecular complexity index is 366. The van der Waals surface area contributed by atoms with Crippen molar-refractivity contribution in [3.63, 3.8) is 0 Å². The van der Waals surface area contributed by atoms with Crippen molar-refractivity contribution in [3.05, 3.63) is 18.0 Å². The molecule has 0 unspecified atom stereocenters. The zero-order valence-electron chi connectivity index (χ0n) is 8.99. The van der Waals surface area contributed by atoms with Crippen LogP contribution >= 0.6 is 0 Å². The lowest BCUT2D eigenvalue weighted by Crippen LogP contribution is -2.26. The minimum atomic E-state index is -0.0135. The lowest BCUT2D eigenvalue weighted by Gasteiger charge is -2.07. The molecule has 82 valence electrons. The fourth-order valence-electron chi connectivity index (χ4n) is 1.67. The number of hydrogen-bond donors (Lipinski definition) is 2. The molecular weight excluding hydrogens is 190 g/mol. The van der Waals surface area contributed by atoms with Gasteiger partial charge in [0.2, 0.25) is 0 Å². The molecule has 1 saturated carbocycles. The summed E-state index contributed by atoms with van der Waals surface area (Å²) < 4.78 is 2.00. The van der Waals surface area contributed by atoms with Crippen LogP contribution in [0.2, 0.25) is 0 Å². The molecule has 15 heavy (non-hydrogen) atoms. The van der Waals surface area contributed by atoms with E-state index in [4.69, 9.17) is 5.73 Å². The van der Waals surface area contributed by atoms with E-state index in [1.807, 2.05) is 17.7 Å². The molecule has 1 aliphatic carbocycles. The number of rotatable bonds is 4. The first-order valence-corrected chi connectivity index (χ1v) is 5.48. The van der Waals surface area contributed by atoms with Crippen molar-refractivity contribution in [2.75, 3.05) is 12.3 Å². The zero-order chi connectivity index (χ0) is 10.8. The van der Waals surface area contributed by atoms with Crippen molar-refractivity contribution in [3.8, 4) is 0 Å². The van der Waals surface area contributed by atoms with Crippen LogP contribution in [-0.4, -0.2) is 17.0 Å². The summed E-state index contributed by atoms with van der Waals surface area (Å²) in [6, 6.07) is 2.24. The van der Waals surface area contributed by atoms with Gasteiger partial charge in [0.15, 0.2) is 0 Å². The highest BCUT2D eigenvalue weighted by atomic mass is 16.1. The Kier molecular flexibility index (Phi) is 2.66. The maximum absolute atomic E-state index is 11.8. The molecule has 4 nitrogen and oxygen atoms in total. The maximum atomic E-state index is 11.8. The SMILES string of the molecule is CCCNC(=O)c1cc(N)cn1C1CC1. The fourth-order valence-corrected chi connectivity index (χ4v) is 1.67. The Morgan fingerprint density at radius 3 is 3.00 bits per heavy atom. The maximum Gasteiger partial charge on any atom is 0.267 e. The third kappa shape index (κ3) is 2.14. The van der Waals surface area contributed by atoms with Crippen molar-refractivity contribution < 1.29 is 4.79 Å². The lowest BCUT2D eigenvalue weighted by atomic mass is 10.3. The highest BCUT2D eigenvalue weighted by molar-refractivity contribution is 5.93. The van der Waals surface area contributed by atoms with Crippen molar-refractivity contribution in [2.24, 2.45) is 0 Å². The topological polar surface area (TPSA) is 60.1 Å².